The molecule has 4 aromatic rings. The van der Waals surface area contributed by atoms with E-state index in [0.717, 1.165) is 27.7 Å². The number of thioether (sulfide) groups is 1. The Labute approximate surface area is 154 Å². The van der Waals surface area contributed by atoms with Crippen LogP contribution in [0, 0.1) is 6.92 Å². The number of pyridine rings is 1. The molecule has 0 bridgehead atoms. The first-order chi connectivity index (χ1) is 12.6. The van der Waals surface area contributed by atoms with Crippen molar-refractivity contribution in [3.05, 3.63) is 60.0 Å². The highest BCUT2D eigenvalue weighted by Crippen LogP contribution is 2.29. The van der Waals surface area contributed by atoms with E-state index >= 15 is 0 Å². The van der Waals surface area contributed by atoms with Crippen LogP contribution >= 0.6 is 11.8 Å². The Morgan fingerprint density at radius 2 is 1.92 bits per heavy atom. The van der Waals surface area contributed by atoms with Gasteiger partial charge in [0.1, 0.15) is 0 Å². The predicted molar refractivity (Wildman–Crippen MR) is 102 cm³/mol. The molecular weight excluding hydrogens is 346 g/mol. The minimum absolute atomic E-state index is 0.0696. The quantitative estimate of drug-likeness (QED) is 0.413. The Hall–Kier alpha value is -2.93. The van der Waals surface area contributed by atoms with E-state index in [9.17, 15) is 4.79 Å². The number of fused-ring (bicyclic) bond motifs is 1. The van der Waals surface area contributed by atoms with Crippen molar-refractivity contribution in [2.24, 2.45) is 0 Å². The summed E-state index contributed by atoms with van der Waals surface area (Å²) in [5, 5.41) is 8.35. The normalized spacial score (nSPS) is 12.4. The van der Waals surface area contributed by atoms with Crippen molar-refractivity contribution < 1.29 is 4.79 Å². The maximum Gasteiger partial charge on any atom is 0.209 e. The van der Waals surface area contributed by atoms with Gasteiger partial charge in [-0.1, -0.05) is 30.0 Å². The van der Waals surface area contributed by atoms with Gasteiger partial charge in [-0.15, -0.1) is 5.10 Å². The third-order valence-electron chi connectivity index (χ3n) is 4.21. The van der Waals surface area contributed by atoms with E-state index < -0.39 is 0 Å². The third kappa shape index (κ3) is 3.01. The molecule has 0 radical (unpaired) electrons. The molecule has 0 amide bonds. The molecule has 0 aliphatic carbocycles. The molecule has 6 nitrogen and oxygen atoms in total. The number of aromatic amines is 2. The number of carbonyl (C=O) groups is 1. The Morgan fingerprint density at radius 3 is 2.73 bits per heavy atom. The summed E-state index contributed by atoms with van der Waals surface area (Å²) in [6.45, 7) is 3.82. The van der Waals surface area contributed by atoms with Crippen molar-refractivity contribution in [3.8, 4) is 11.4 Å². The molecule has 7 heteroatoms. The lowest BCUT2D eigenvalue weighted by Crippen LogP contribution is -2.14. The lowest BCUT2D eigenvalue weighted by atomic mass is 10.1. The fraction of sp³-hybridized carbons (Fsp3) is 0.158. The van der Waals surface area contributed by atoms with Crippen molar-refractivity contribution in [3.63, 3.8) is 0 Å². The number of nitrogens with zero attached hydrogens (tertiary/aromatic N) is 3. The van der Waals surface area contributed by atoms with E-state index in [2.05, 4.69) is 25.1 Å². The zero-order chi connectivity index (χ0) is 18.1. The molecule has 0 unspecified atom stereocenters. The first-order valence-corrected chi connectivity index (χ1v) is 9.12. The van der Waals surface area contributed by atoms with Crippen molar-refractivity contribution in [1.29, 1.82) is 0 Å². The number of ketones is 1. The van der Waals surface area contributed by atoms with Crippen molar-refractivity contribution in [1.82, 2.24) is 25.1 Å². The summed E-state index contributed by atoms with van der Waals surface area (Å²) in [7, 11) is 0. The fourth-order valence-electron chi connectivity index (χ4n) is 2.95. The topological polar surface area (TPSA) is 87.3 Å². The number of benzene rings is 1. The van der Waals surface area contributed by atoms with Crippen LogP contribution in [0.5, 0.6) is 0 Å². The summed E-state index contributed by atoms with van der Waals surface area (Å²) in [6, 6.07) is 11.6. The van der Waals surface area contributed by atoms with Crippen LogP contribution in [0.25, 0.3) is 22.3 Å². The van der Waals surface area contributed by atoms with Gasteiger partial charge in [0.05, 0.1) is 5.25 Å². The summed E-state index contributed by atoms with van der Waals surface area (Å²) in [5.41, 5.74) is 3.51. The van der Waals surface area contributed by atoms with Crippen LogP contribution in [0.2, 0.25) is 0 Å². The molecule has 4 rings (SSSR count). The predicted octanol–water partition coefficient (Wildman–Crippen LogP) is 4.02. The maximum atomic E-state index is 13.0. The molecule has 130 valence electrons. The Kier molecular flexibility index (Phi) is 4.30. The second-order valence-electron chi connectivity index (χ2n) is 6.00. The largest absolute Gasteiger partial charge is 0.358 e. The average molecular weight is 363 g/mol. The number of hydrogen-bond donors (Lipinski definition) is 2. The van der Waals surface area contributed by atoms with Crippen LogP contribution in [0.15, 0.2) is 53.9 Å². The molecule has 0 aliphatic heterocycles. The van der Waals surface area contributed by atoms with Crippen LogP contribution in [-0.2, 0) is 0 Å². The number of H-pyrrole nitrogens is 2. The lowest BCUT2D eigenvalue weighted by molar-refractivity contribution is 0.0995. The third-order valence-corrected chi connectivity index (χ3v) is 5.17. The van der Waals surface area contributed by atoms with Gasteiger partial charge in [-0.3, -0.25) is 14.9 Å². The monoisotopic (exact) mass is 363 g/mol. The molecule has 0 fully saturated rings. The second kappa shape index (κ2) is 6.76. The van der Waals surface area contributed by atoms with Crippen molar-refractivity contribution in [2.45, 2.75) is 24.3 Å². The van der Waals surface area contributed by atoms with Gasteiger partial charge in [-0.25, -0.2) is 4.98 Å². The molecule has 0 aliphatic rings. The zero-order valence-electron chi connectivity index (χ0n) is 14.4. The first-order valence-electron chi connectivity index (χ1n) is 8.24. The van der Waals surface area contributed by atoms with Gasteiger partial charge in [0, 0.05) is 40.1 Å². The molecular formula is C19H17N5OS. The van der Waals surface area contributed by atoms with Crippen molar-refractivity contribution in [2.75, 3.05) is 0 Å². The summed E-state index contributed by atoms with van der Waals surface area (Å²) in [4.78, 5) is 24.8. The second-order valence-corrected chi connectivity index (χ2v) is 7.31. The van der Waals surface area contributed by atoms with Crippen LogP contribution in [0.4, 0.5) is 0 Å². The van der Waals surface area contributed by atoms with E-state index in [1.54, 1.807) is 12.4 Å². The molecule has 3 heterocycles. The fourth-order valence-corrected chi connectivity index (χ4v) is 3.73. The molecule has 0 spiro atoms. The van der Waals surface area contributed by atoms with Gasteiger partial charge in [0.15, 0.2) is 11.6 Å². The van der Waals surface area contributed by atoms with E-state index in [-0.39, 0.29) is 11.0 Å². The highest BCUT2D eigenvalue weighted by atomic mass is 32.2. The maximum absolute atomic E-state index is 13.0. The molecule has 2 N–H and O–H groups in total. The standard InChI is InChI=1S/C19H17N5OS/c1-11-16(14-5-3-4-6-15(14)21-11)17(25)12(2)26-19-22-18(23-24-19)13-7-9-20-10-8-13/h3-10,12,21H,1-2H3,(H,22,23,24)/t12-/m0/s1. The van der Waals surface area contributed by atoms with E-state index in [4.69, 9.17) is 0 Å². The number of Topliss-reactive ketones (excluding diaryl/α,β-unsaturated/α-hetero) is 1. The van der Waals surface area contributed by atoms with E-state index in [0.29, 0.717) is 11.0 Å². The van der Waals surface area contributed by atoms with Crippen LogP contribution in [0.3, 0.4) is 0 Å². The first kappa shape index (κ1) is 16.5. The number of nitrogens with one attached hydrogen (secondary N) is 2. The van der Waals surface area contributed by atoms with Gasteiger partial charge in [-0.05, 0) is 32.0 Å². The number of para-hydroxylation sites is 1. The van der Waals surface area contributed by atoms with Gasteiger partial charge in [-0.2, -0.15) is 0 Å². The van der Waals surface area contributed by atoms with Gasteiger partial charge < -0.3 is 4.98 Å². The number of hydrogen-bond acceptors (Lipinski definition) is 5. The molecule has 1 aromatic carbocycles. The Bertz CT molecular complexity index is 1070. The average Bonchev–Trinajstić information content (AvgIpc) is 3.25. The molecule has 0 saturated carbocycles. The minimum atomic E-state index is -0.297. The molecule has 0 saturated heterocycles. The summed E-state index contributed by atoms with van der Waals surface area (Å²) in [6.07, 6.45) is 3.41. The number of aryl methyl sites for hydroxylation is 1. The van der Waals surface area contributed by atoms with E-state index in [1.807, 2.05) is 50.2 Å². The number of carbonyl (C=O) groups excluding carboxylic acids is 1. The Balaban J connectivity index is 1.56. The summed E-state index contributed by atoms with van der Waals surface area (Å²) >= 11 is 1.35. The van der Waals surface area contributed by atoms with Gasteiger partial charge >= 0.3 is 0 Å². The van der Waals surface area contributed by atoms with E-state index in [1.165, 1.54) is 11.8 Å². The summed E-state index contributed by atoms with van der Waals surface area (Å²) in [5.74, 6) is 0.734. The van der Waals surface area contributed by atoms with Crippen molar-refractivity contribution >= 4 is 28.4 Å². The molecule has 3 aromatic heterocycles. The van der Waals surface area contributed by atoms with Crippen LogP contribution < -0.4 is 0 Å². The number of aromatic nitrogens is 5. The molecule has 1 atom stereocenters. The van der Waals surface area contributed by atoms with Gasteiger partial charge in [0.2, 0.25) is 5.16 Å². The highest BCUT2D eigenvalue weighted by molar-refractivity contribution is 8.00. The number of rotatable bonds is 5. The van der Waals surface area contributed by atoms with Crippen LogP contribution in [0.1, 0.15) is 23.0 Å². The highest BCUT2D eigenvalue weighted by Gasteiger charge is 2.23. The SMILES string of the molecule is Cc1[nH]c2ccccc2c1C(=O)[C@H](C)Sc1n[nH]c(-c2ccncc2)n1. The smallest absolute Gasteiger partial charge is 0.209 e. The summed E-state index contributed by atoms with van der Waals surface area (Å²) < 4.78 is 0. The Morgan fingerprint density at radius 1 is 1.15 bits per heavy atom. The van der Waals surface area contributed by atoms with Gasteiger partial charge in [0.25, 0.3) is 0 Å². The zero-order valence-corrected chi connectivity index (χ0v) is 15.2. The molecule has 26 heavy (non-hydrogen) atoms. The van der Waals surface area contributed by atoms with Crippen LogP contribution in [-0.4, -0.2) is 36.2 Å². The lowest BCUT2D eigenvalue weighted by Gasteiger charge is -2.08. The minimum Gasteiger partial charge on any atom is -0.358 e.